The maximum atomic E-state index is 12.0. The Balaban J connectivity index is 1.71. The highest BCUT2D eigenvalue weighted by Gasteiger charge is 2.08. The minimum absolute atomic E-state index is 0.421. The van der Waals surface area contributed by atoms with Gasteiger partial charge in [0.25, 0.3) is 0 Å². The largest absolute Gasteiger partial charge is 0.493 e. The second-order valence-electron chi connectivity index (χ2n) is 6.47. The molecule has 0 aliphatic heterocycles. The van der Waals surface area contributed by atoms with E-state index in [2.05, 4.69) is 6.07 Å². The first-order valence-corrected chi connectivity index (χ1v) is 9.52. The summed E-state index contributed by atoms with van der Waals surface area (Å²) >= 11 is 0. The third-order valence-electron chi connectivity index (χ3n) is 4.44. The van der Waals surface area contributed by atoms with Crippen LogP contribution < -0.4 is 14.2 Å². The van der Waals surface area contributed by atoms with E-state index in [1.54, 1.807) is 68.8 Å². The fraction of sp³-hybridized carbons (Fsp3) is 0.0769. The van der Waals surface area contributed by atoms with Crippen molar-refractivity contribution in [3.05, 3.63) is 95.6 Å². The van der Waals surface area contributed by atoms with Gasteiger partial charge >= 0.3 is 5.97 Å². The normalized spacial score (nSPS) is 11.1. The van der Waals surface area contributed by atoms with E-state index in [0.717, 1.165) is 11.1 Å². The summed E-state index contributed by atoms with van der Waals surface area (Å²) in [6.07, 6.45) is 4.83. The van der Waals surface area contributed by atoms with Crippen LogP contribution in [0.4, 0.5) is 0 Å². The van der Waals surface area contributed by atoms with E-state index in [1.165, 1.54) is 6.08 Å². The number of allylic oxidation sites excluding steroid dienone is 1. The van der Waals surface area contributed by atoms with Crippen molar-refractivity contribution in [3.63, 3.8) is 0 Å². The number of carbonyl (C=O) groups excluding carboxylic acids is 1. The monoisotopic (exact) mass is 411 g/mol. The van der Waals surface area contributed by atoms with Crippen LogP contribution in [0.25, 0.3) is 17.7 Å². The fourth-order valence-electron chi connectivity index (χ4n) is 2.86. The second-order valence-corrected chi connectivity index (χ2v) is 6.47. The molecule has 5 heteroatoms. The lowest BCUT2D eigenvalue weighted by Crippen LogP contribution is -2.03. The van der Waals surface area contributed by atoms with Crippen molar-refractivity contribution in [1.82, 2.24) is 0 Å². The van der Waals surface area contributed by atoms with Gasteiger partial charge in [0.05, 0.1) is 25.9 Å². The molecule has 0 unspecified atom stereocenters. The summed E-state index contributed by atoms with van der Waals surface area (Å²) in [5.41, 5.74) is 2.89. The van der Waals surface area contributed by atoms with Crippen molar-refractivity contribution in [2.24, 2.45) is 0 Å². The number of benzene rings is 3. The number of esters is 1. The maximum absolute atomic E-state index is 12.0. The minimum atomic E-state index is -0.463. The van der Waals surface area contributed by atoms with Crippen LogP contribution in [0.15, 0.2) is 78.9 Å². The molecule has 3 aromatic rings. The van der Waals surface area contributed by atoms with Crippen LogP contribution in [0.5, 0.6) is 17.2 Å². The third-order valence-corrected chi connectivity index (χ3v) is 4.44. The summed E-state index contributed by atoms with van der Waals surface area (Å²) in [5, 5.41) is 9.59. The van der Waals surface area contributed by atoms with E-state index in [1.807, 2.05) is 30.3 Å². The molecule has 0 heterocycles. The Kier molecular flexibility index (Phi) is 7.23. The summed E-state index contributed by atoms with van der Waals surface area (Å²) in [4.78, 5) is 12.0. The number of rotatable bonds is 7. The molecule has 0 saturated carbocycles. The summed E-state index contributed by atoms with van der Waals surface area (Å²) in [5.74, 6) is 1.10. The van der Waals surface area contributed by atoms with Crippen LogP contribution in [0.2, 0.25) is 0 Å². The first-order chi connectivity index (χ1) is 15.1. The Labute approximate surface area is 181 Å². The topological polar surface area (TPSA) is 68.5 Å². The first kappa shape index (κ1) is 21.4. The molecule has 0 N–H and O–H groups in total. The summed E-state index contributed by atoms with van der Waals surface area (Å²) in [6.45, 7) is 0. The SMILES string of the molecule is COc1ccc(/C(C#N)=C\c2ccc(OC(=O)/C=C/c3ccccc3)cc2)cc1OC. The number of hydrogen-bond donors (Lipinski definition) is 0. The summed E-state index contributed by atoms with van der Waals surface area (Å²) < 4.78 is 15.9. The van der Waals surface area contributed by atoms with Crippen LogP contribution >= 0.6 is 0 Å². The molecule has 0 aromatic heterocycles. The quantitative estimate of drug-likeness (QED) is 0.171. The molecular formula is C26H21NO4. The van der Waals surface area contributed by atoms with Crippen molar-refractivity contribution < 1.29 is 19.0 Å². The van der Waals surface area contributed by atoms with Crippen LogP contribution in [-0.2, 0) is 4.79 Å². The first-order valence-electron chi connectivity index (χ1n) is 9.52. The predicted molar refractivity (Wildman–Crippen MR) is 121 cm³/mol. The van der Waals surface area contributed by atoms with Crippen molar-refractivity contribution >= 4 is 23.7 Å². The van der Waals surface area contributed by atoms with Gasteiger partial charge < -0.3 is 14.2 Å². The molecule has 5 nitrogen and oxygen atoms in total. The van der Waals surface area contributed by atoms with Crippen molar-refractivity contribution in [3.8, 4) is 23.3 Å². The molecule has 0 bridgehead atoms. The number of hydrogen-bond acceptors (Lipinski definition) is 5. The number of nitriles is 1. The van der Waals surface area contributed by atoms with E-state index < -0.39 is 5.97 Å². The lowest BCUT2D eigenvalue weighted by Gasteiger charge is -2.09. The molecule has 0 radical (unpaired) electrons. The smallest absolute Gasteiger partial charge is 0.336 e. The molecule has 3 aromatic carbocycles. The Morgan fingerprint density at radius 3 is 2.23 bits per heavy atom. The van der Waals surface area contributed by atoms with Gasteiger partial charge in [0, 0.05) is 6.08 Å². The Hall–Kier alpha value is -4.30. The average molecular weight is 411 g/mol. The van der Waals surface area contributed by atoms with Crippen molar-refractivity contribution in [2.75, 3.05) is 14.2 Å². The highest BCUT2D eigenvalue weighted by Crippen LogP contribution is 2.31. The molecule has 0 saturated heterocycles. The van der Waals surface area contributed by atoms with Gasteiger partial charge in [0.1, 0.15) is 5.75 Å². The van der Waals surface area contributed by atoms with Gasteiger partial charge in [-0.2, -0.15) is 5.26 Å². The number of nitrogens with zero attached hydrogens (tertiary/aromatic N) is 1. The van der Waals surface area contributed by atoms with Crippen molar-refractivity contribution in [2.45, 2.75) is 0 Å². The molecule has 0 spiro atoms. The zero-order valence-electron chi connectivity index (χ0n) is 17.2. The summed E-state index contributed by atoms with van der Waals surface area (Å²) in [7, 11) is 3.11. The molecule has 3 rings (SSSR count). The number of ether oxygens (including phenoxy) is 3. The second kappa shape index (κ2) is 10.5. The molecular weight excluding hydrogens is 390 g/mol. The molecule has 0 atom stereocenters. The molecule has 31 heavy (non-hydrogen) atoms. The van der Waals surface area contributed by atoms with E-state index >= 15 is 0 Å². The Bertz CT molecular complexity index is 1140. The van der Waals surface area contributed by atoms with E-state index in [-0.39, 0.29) is 0 Å². The highest BCUT2D eigenvalue weighted by atomic mass is 16.5. The van der Waals surface area contributed by atoms with Gasteiger partial charge in [-0.15, -0.1) is 0 Å². The highest BCUT2D eigenvalue weighted by molar-refractivity contribution is 5.91. The van der Waals surface area contributed by atoms with E-state index in [9.17, 15) is 10.1 Å². The van der Waals surface area contributed by atoms with Gasteiger partial charge in [-0.1, -0.05) is 42.5 Å². The Morgan fingerprint density at radius 2 is 1.58 bits per heavy atom. The fourth-order valence-corrected chi connectivity index (χ4v) is 2.86. The summed E-state index contributed by atoms with van der Waals surface area (Å²) in [6, 6.07) is 23.9. The van der Waals surface area contributed by atoms with Gasteiger partial charge in [0.2, 0.25) is 0 Å². The molecule has 154 valence electrons. The average Bonchev–Trinajstić information content (AvgIpc) is 2.82. The van der Waals surface area contributed by atoms with Crippen LogP contribution in [0.1, 0.15) is 16.7 Å². The van der Waals surface area contributed by atoms with Gasteiger partial charge in [-0.3, -0.25) is 0 Å². The Morgan fingerprint density at radius 1 is 0.871 bits per heavy atom. The molecule has 0 amide bonds. The van der Waals surface area contributed by atoms with Crippen LogP contribution in [0.3, 0.4) is 0 Å². The molecule has 0 fully saturated rings. The van der Waals surface area contributed by atoms with E-state index in [0.29, 0.717) is 28.4 Å². The van der Waals surface area contributed by atoms with Crippen LogP contribution in [0, 0.1) is 11.3 Å². The maximum Gasteiger partial charge on any atom is 0.336 e. The zero-order valence-corrected chi connectivity index (χ0v) is 17.2. The number of methoxy groups -OCH3 is 2. The van der Waals surface area contributed by atoms with Crippen LogP contribution in [-0.4, -0.2) is 20.2 Å². The van der Waals surface area contributed by atoms with E-state index in [4.69, 9.17) is 14.2 Å². The van der Waals surface area contributed by atoms with Gasteiger partial charge in [0.15, 0.2) is 11.5 Å². The van der Waals surface area contributed by atoms with Gasteiger partial charge in [-0.25, -0.2) is 4.79 Å². The number of carbonyl (C=O) groups is 1. The standard InChI is InChI=1S/C26H21NO4/c1-29-24-14-11-21(17-25(24)30-2)22(18-27)16-20-8-12-23(13-9-20)31-26(28)15-10-19-6-4-3-5-7-19/h3-17H,1-2H3/b15-10+,22-16-. The third kappa shape index (κ3) is 5.84. The lowest BCUT2D eigenvalue weighted by molar-refractivity contribution is -0.128. The zero-order chi connectivity index (χ0) is 22.1. The predicted octanol–water partition coefficient (Wildman–Crippen LogP) is 5.39. The lowest BCUT2D eigenvalue weighted by atomic mass is 10.0. The minimum Gasteiger partial charge on any atom is -0.493 e. The molecule has 0 aliphatic rings. The van der Waals surface area contributed by atoms with Crippen molar-refractivity contribution in [1.29, 1.82) is 5.26 Å². The van der Waals surface area contributed by atoms with Gasteiger partial charge in [-0.05, 0) is 59.2 Å². The molecule has 0 aliphatic carbocycles.